The summed E-state index contributed by atoms with van der Waals surface area (Å²) < 4.78 is 10.2. The van der Waals surface area contributed by atoms with Gasteiger partial charge in [0.05, 0.1) is 24.3 Å². The molecule has 2 aromatic heterocycles. The van der Waals surface area contributed by atoms with Crippen molar-refractivity contribution in [3.8, 4) is 17.0 Å². The van der Waals surface area contributed by atoms with Crippen LogP contribution in [0.2, 0.25) is 0 Å². The number of methoxy groups -OCH3 is 1. The van der Waals surface area contributed by atoms with Crippen LogP contribution >= 0.6 is 0 Å². The van der Waals surface area contributed by atoms with Crippen LogP contribution in [0.15, 0.2) is 53.3 Å². The maximum Gasteiger partial charge on any atom is 0.375 e. The highest BCUT2D eigenvalue weighted by Crippen LogP contribution is 2.31. The lowest BCUT2D eigenvalue weighted by molar-refractivity contribution is 0.0648. The van der Waals surface area contributed by atoms with Crippen molar-refractivity contribution < 1.29 is 24.0 Å². The Hall–Kier alpha value is -3.68. The molecule has 0 radical (unpaired) electrons. The summed E-state index contributed by atoms with van der Waals surface area (Å²) in [6, 6.07) is 9.53. The normalized spacial score (nSPS) is 11.6. The quantitative estimate of drug-likeness (QED) is 0.688. The zero-order valence-electron chi connectivity index (χ0n) is 14.7. The minimum absolute atomic E-state index is 0.282. The summed E-state index contributed by atoms with van der Waals surface area (Å²) >= 11 is 0. The van der Waals surface area contributed by atoms with E-state index < -0.39 is 12.0 Å². The van der Waals surface area contributed by atoms with E-state index in [0.29, 0.717) is 22.6 Å². The van der Waals surface area contributed by atoms with Crippen LogP contribution in [0.1, 0.15) is 39.4 Å². The molecule has 0 bridgehead atoms. The molecule has 0 aliphatic carbocycles. The first-order chi connectivity index (χ1) is 13.0. The number of nitrogens with one attached hydrogen (secondary N) is 1. The Morgan fingerprint density at radius 2 is 1.96 bits per heavy atom. The third-order valence-corrected chi connectivity index (χ3v) is 3.99. The molecule has 2 N–H and O–H groups in total. The van der Waals surface area contributed by atoms with Gasteiger partial charge in [-0.05, 0) is 43.3 Å². The Bertz CT molecular complexity index is 951. The maximum absolute atomic E-state index is 12.4. The molecule has 8 heteroatoms. The molecule has 0 fully saturated rings. The van der Waals surface area contributed by atoms with Gasteiger partial charge in [-0.1, -0.05) is 5.16 Å². The molecule has 0 spiro atoms. The van der Waals surface area contributed by atoms with Crippen LogP contribution < -0.4 is 10.1 Å². The molecule has 138 valence electrons. The third-order valence-electron chi connectivity index (χ3n) is 3.99. The number of aromatic nitrogens is 2. The topological polar surface area (TPSA) is 115 Å². The number of rotatable bonds is 6. The highest BCUT2D eigenvalue weighted by Gasteiger charge is 2.28. The standard InChI is InChI=1S/C19H17N3O5/c1-11(21-18(23)13-4-3-9-20-10-13)15-16(22-27-17(15)19(24)25)12-5-7-14(26-2)8-6-12/h3-11H,1-2H3,(H,21,23)(H,24,25)/t11-/m1/s1. The smallest absolute Gasteiger partial charge is 0.375 e. The van der Waals surface area contributed by atoms with Gasteiger partial charge in [-0.3, -0.25) is 9.78 Å². The van der Waals surface area contributed by atoms with E-state index in [1.54, 1.807) is 56.6 Å². The number of benzene rings is 1. The van der Waals surface area contributed by atoms with E-state index >= 15 is 0 Å². The molecule has 0 aliphatic rings. The van der Waals surface area contributed by atoms with Gasteiger partial charge in [0.15, 0.2) is 0 Å². The summed E-state index contributed by atoms with van der Waals surface area (Å²) in [6.07, 6.45) is 2.99. The van der Waals surface area contributed by atoms with Gasteiger partial charge in [-0.2, -0.15) is 0 Å². The van der Waals surface area contributed by atoms with Crippen LogP contribution in [-0.4, -0.2) is 34.2 Å². The van der Waals surface area contributed by atoms with Gasteiger partial charge < -0.3 is 19.7 Å². The summed E-state index contributed by atoms with van der Waals surface area (Å²) in [5, 5.41) is 16.1. The maximum atomic E-state index is 12.4. The van der Waals surface area contributed by atoms with Gasteiger partial charge in [0.2, 0.25) is 5.76 Å². The molecule has 3 aromatic rings. The monoisotopic (exact) mass is 367 g/mol. The van der Waals surface area contributed by atoms with Crippen LogP contribution in [0.5, 0.6) is 5.75 Å². The number of carboxylic acid groups (broad SMARTS) is 1. The number of pyridine rings is 1. The van der Waals surface area contributed by atoms with Gasteiger partial charge >= 0.3 is 5.97 Å². The number of carboxylic acids is 1. The second-order valence-electron chi connectivity index (χ2n) is 5.74. The van der Waals surface area contributed by atoms with Gasteiger partial charge in [0, 0.05) is 18.0 Å². The van der Waals surface area contributed by atoms with E-state index in [-0.39, 0.29) is 17.2 Å². The first-order valence-corrected chi connectivity index (χ1v) is 8.09. The molecule has 3 rings (SSSR count). The number of carbonyl (C=O) groups is 2. The lowest BCUT2D eigenvalue weighted by Crippen LogP contribution is -2.27. The largest absolute Gasteiger partial charge is 0.497 e. The minimum Gasteiger partial charge on any atom is -0.497 e. The van der Waals surface area contributed by atoms with Crippen LogP contribution in [-0.2, 0) is 0 Å². The highest BCUT2D eigenvalue weighted by molar-refractivity contribution is 5.95. The Kier molecular flexibility index (Phi) is 5.16. The van der Waals surface area contributed by atoms with Crippen molar-refractivity contribution in [3.63, 3.8) is 0 Å². The van der Waals surface area contributed by atoms with E-state index in [2.05, 4.69) is 15.5 Å². The summed E-state index contributed by atoms with van der Waals surface area (Å²) in [4.78, 5) is 27.9. The molecule has 0 unspecified atom stereocenters. The fourth-order valence-electron chi connectivity index (χ4n) is 2.66. The summed E-state index contributed by atoms with van der Waals surface area (Å²) in [5.74, 6) is -1.31. The molecule has 1 amide bonds. The van der Waals surface area contributed by atoms with Crippen LogP contribution in [0, 0.1) is 0 Å². The van der Waals surface area contributed by atoms with Crippen LogP contribution in [0.4, 0.5) is 0 Å². The Morgan fingerprint density at radius 1 is 1.22 bits per heavy atom. The summed E-state index contributed by atoms with van der Waals surface area (Å²) in [6.45, 7) is 1.67. The van der Waals surface area contributed by atoms with E-state index in [1.165, 1.54) is 6.20 Å². The van der Waals surface area contributed by atoms with Crippen molar-refractivity contribution in [2.45, 2.75) is 13.0 Å². The fourth-order valence-corrected chi connectivity index (χ4v) is 2.66. The van der Waals surface area contributed by atoms with Crippen molar-refractivity contribution in [1.29, 1.82) is 0 Å². The fraction of sp³-hybridized carbons (Fsp3) is 0.158. The highest BCUT2D eigenvalue weighted by atomic mass is 16.5. The van der Waals surface area contributed by atoms with Crippen molar-refractivity contribution in [1.82, 2.24) is 15.5 Å². The zero-order valence-corrected chi connectivity index (χ0v) is 14.7. The zero-order chi connectivity index (χ0) is 19.4. The van der Waals surface area contributed by atoms with Gasteiger partial charge in [0.25, 0.3) is 5.91 Å². The SMILES string of the molecule is COc1ccc(-c2noc(C(=O)O)c2[C@@H](C)NC(=O)c2cccnc2)cc1. The molecule has 0 saturated carbocycles. The Morgan fingerprint density at radius 3 is 2.56 bits per heavy atom. The number of amides is 1. The second-order valence-corrected chi connectivity index (χ2v) is 5.74. The first kappa shape index (κ1) is 18.1. The third kappa shape index (κ3) is 3.79. The van der Waals surface area contributed by atoms with Crippen LogP contribution in [0.25, 0.3) is 11.3 Å². The summed E-state index contributed by atoms with van der Waals surface area (Å²) in [7, 11) is 1.55. The molecule has 0 aliphatic heterocycles. The van der Waals surface area contributed by atoms with Gasteiger partial charge in [0.1, 0.15) is 11.4 Å². The lowest BCUT2D eigenvalue weighted by atomic mass is 10.00. The lowest BCUT2D eigenvalue weighted by Gasteiger charge is -2.14. The number of hydrogen-bond acceptors (Lipinski definition) is 6. The molecular weight excluding hydrogens is 350 g/mol. The molecule has 27 heavy (non-hydrogen) atoms. The average molecular weight is 367 g/mol. The molecule has 1 atom stereocenters. The predicted molar refractivity (Wildman–Crippen MR) is 95.6 cm³/mol. The van der Waals surface area contributed by atoms with E-state index in [0.717, 1.165) is 0 Å². The van der Waals surface area contributed by atoms with Crippen molar-refractivity contribution in [2.75, 3.05) is 7.11 Å². The van der Waals surface area contributed by atoms with Gasteiger partial charge in [-0.25, -0.2) is 4.79 Å². The number of ether oxygens (including phenoxy) is 1. The van der Waals surface area contributed by atoms with Crippen molar-refractivity contribution in [3.05, 3.63) is 65.7 Å². The van der Waals surface area contributed by atoms with Crippen LogP contribution in [0.3, 0.4) is 0 Å². The number of nitrogens with zero attached hydrogens (tertiary/aromatic N) is 2. The minimum atomic E-state index is -1.26. The van der Waals surface area contributed by atoms with Gasteiger partial charge in [-0.15, -0.1) is 0 Å². The number of aromatic carboxylic acids is 1. The molecule has 0 saturated heterocycles. The second kappa shape index (κ2) is 7.69. The van der Waals surface area contributed by atoms with Crippen molar-refractivity contribution in [2.24, 2.45) is 0 Å². The first-order valence-electron chi connectivity index (χ1n) is 8.09. The predicted octanol–water partition coefficient (Wildman–Crippen LogP) is 2.93. The van der Waals surface area contributed by atoms with E-state index in [1.807, 2.05) is 0 Å². The number of hydrogen-bond donors (Lipinski definition) is 2. The Balaban J connectivity index is 1.95. The van der Waals surface area contributed by atoms with Crippen molar-refractivity contribution >= 4 is 11.9 Å². The van der Waals surface area contributed by atoms with E-state index in [9.17, 15) is 14.7 Å². The molecule has 8 nitrogen and oxygen atoms in total. The average Bonchev–Trinajstić information content (AvgIpc) is 3.14. The molecule has 1 aromatic carbocycles. The summed E-state index contributed by atoms with van der Waals surface area (Å²) in [5.41, 5.74) is 1.63. The Labute approximate surface area is 154 Å². The molecular formula is C19H17N3O5. The molecule has 2 heterocycles. The number of carbonyl (C=O) groups excluding carboxylic acids is 1. The van der Waals surface area contributed by atoms with E-state index in [4.69, 9.17) is 9.26 Å².